The highest BCUT2D eigenvalue weighted by molar-refractivity contribution is 5.82. The second-order valence-electron chi connectivity index (χ2n) is 11.2. The number of rotatable bonds is 6. The first kappa shape index (κ1) is 26.9. The molecule has 6 heteroatoms. The van der Waals surface area contributed by atoms with Crippen molar-refractivity contribution in [2.45, 2.75) is 52.1 Å². The van der Waals surface area contributed by atoms with Gasteiger partial charge < -0.3 is 10.1 Å². The third-order valence-electron chi connectivity index (χ3n) is 8.07. The average Bonchev–Trinajstić information content (AvgIpc) is 3.14. The number of piperidine rings is 1. The lowest BCUT2D eigenvalue weighted by Crippen LogP contribution is -2.32. The first-order chi connectivity index (χ1) is 20.1. The fourth-order valence-electron chi connectivity index (χ4n) is 6.01. The van der Waals surface area contributed by atoms with Crippen LogP contribution < -0.4 is 5.32 Å². The number of benzene rings is 2. The van der Waals surface area contributed by atoms with Crippen molar-refractivity contribution in [3.05, 3.63) is 106 Å². The normalized spacial score (nSPS) is 19.1. The van der Waals surface area contributed by atoms with E-state index in [9.17, 15) is 5.26 Å². The lowest BCUT2D eigenvalue weighted by Gasteiger charge is -2.24. The van der Waals surface area contributed by atoms with Crippen LogP contribution in [-0.4, -0.2) is 35.4 Å². The lowest BCUT2D eigenvalue weighted by molar-refractivity contribution is 0.0954. The topological polar surface area (TPSA) is 83.2 Å². The molecule has 1 unspecified atom stereocenters. The first-order valence-electron chi connectivity index (χ1n) is 14.5. The Labute approximate surface area is 242 Å². The van der Waals surface area contributed by atoms with Crippen LogP contribution in [-0.2, 0) is 17.6 Å². The van der Waals surface area contributed by atoms with Gasteiger partial charge in [-0.1, -0.05) is 42.0 Å². The van der Waals surface area contributed by atoms with Crippen LogP contribution in [0.4, 0.5) is 5.82 Å². The molecule has 0 saturated carbocycles. The van der Waals surface area contributed by atoms with Gasteiger partial charge in [-0.2, -0.15) is 5.26 Å². The highest BCUT2D eigenvalue weighted by Crippen LogP contribution is 2.34. The molecular weight excluding hydrogens is 506 g/mol. The zero-order chi connectivity index (χ0) is 28.2. The van der Waals surface area contributed by atoms with E-state index in [1.54, 1.807) is 12.3 Å². The van der Waals surface area contributed by atoms with Gasteiger partial charge in [0, 0.05) is 24.1 Å². The standard InChI is InChI=1S/C35H35N5O/c1-23-9-10-31(41-30-11-13-37-14-12-30)15-24(2)34(23)29-8-3-5-25(17-29)16-27-19-32-35(38-21-27)39-22-33(40-32)28-7-4-6-26(18-28)20-36/h3-8,10,15,17-18,21-22,27,30,37H,9,11-14,16,19H2,1-2H3. The number of nitrogens with one attached hydrogen (secondary N) is 1. The quantitative estimate of drug-likeness (QED) is 0.367. The fraction of sp³-hybridized carbons (Fsp3) is 0.314. The van der Waals surface area contributed by atoms with Gasteiger partial charge >= 0.3 is 0 Å². The van der Waals surface area contributed by atoms with Crippen molar-refractivity contribution in [2.75, 3.05) is 13.1 Å². The van der Waals surface area contributed by atoms with Gasteiger partial charge in [0.05, 0.1) is 29.2 Å². The summed E-state index contributed by atoms with van der Waals surface area (Å²) in [7, 11) is 0. The van der Waals surface area contributed by atoms with E-state index in [-0.39, 0.29) is 5.92 Å². The van der Waals surface area contributed by atoms with E-state index < -0.39 is 0 Å². The Bertz CT molecular complexity index is 1620. The van der Waals surface area contributed by atoms with Gasteiger partial charge in [-0.05, 0) is 99.2 Å². The minimum Gasteiger partial charge on any atom is -0.491 e. The monoisotopic (exact) mass is 541 g/mol. The average molecular weight is 542 g/mol. The van der Waals surface area contributed by atoms with E-state index in [1.165, 1.54) is 27.8 Å². The van der Waals surface area contributed by atoms with E-state index in [1.807, 2.05) is 24.4 Å². The number of fused-ring (bicyclic) bond motifs is 1. The van der Waals surface area contributed by atoms with Crippen molar-refractivity contribution < 1.29 is 4.74 Å². The molecule has 2 aliphatic heterocycles. The van der Waals surface area contributed by atoms with Crippen LogP contribution >= 0.6 is 0 Å². The third kappa shape index (κ3) is 6.21. The van der Waals surface area contributed by atoms with Gasteiger partial charge in [-0.25, -0.2) is 15.0 Å². The molecule has 0 radical (unpaired) electrons. The van der Waals surface area contributed by atoms with Crippen molar-refractivity contribution in [3.8, 4) is 17.3 Å². The molecule has 0 spiro atoms. The van der Waals surface area contributed by atoms with Gasteiger partial charge in [0.2, 0.25) is 0 Å². The second kappa shape index (κ2) is 12.0. The fourth-order valence-corrected chi connectivity index (χ4v) is 6.01. The van der Waals surface area contributed by atoms with Crippen molar-refractivity contribution >= 4 is 17.6 Å². The zero-order valence-electron chi connectivity index (χ0n) is 23.7. The van der Waals surface area contributed by atoms with E-state index in [0.29, 0.717) is 17.5 Å². The Morgan fingerprint density at radius 2 is 1.88 bits per heavy atom. The maximum Gasteiger partial charge on any atom is 0.173 e. The third-order valence-corrected chi connectivity index (χ3v) is 8.07. The van der Waals surface area contributed by atoms with E-state index in [0.717, 1.165) is 67.9 Å². The lowest BCUT2D eigenvalue weighted by atomic mass is 9.89. The minimum absolute atomic E-state index is 0.236. The summed E-state index contributed by atoms with van der Waals surface area (Å²) in [5.41, 5.74) is 9.63. The Hall–Kier alpha value is -4.34. The van der Waals surface area contributed by atoms with Crippen LogP contribution in [0, 0.1) is 17.2 Å². The molecule has 3 heterocycles. The molecule has 0 amide bonds. The highest BCUT2D eigenvalue weighted by atomic mass is 16.5. The highest BCUT2D eigenvalue weighted by Gasteiger charge is 2.21. The second-order valence-corrected chi connectivity index (χ2v) is 11.2. The minimum atomic E-state index is 0.236. The Balaban J connectivity index is 1.17. The summed E-state index contributed by atoms with van der Waals surface area (Å²) in [5, 5.41) is 12.7. The summed E-state index contributed by atoms with van der Waals surface area (Å²) < 4.78 is 6.39. The van der Waals surface area contributed by atoms with Crippen LogP contribution in [0.1, 0.15) is 55.5 Å². The van der Waals surface area contributed by atoms with E-state index >= 15 is 0 Å². The van der Waals surface area contributed by atoms with Crippen molar-refractivity contribution in [3.63, 3.8) is 0 Å². The molecule has 6 nitrogen and oxygen atoms in total. The number of hydrogen-bond donors (Lipinski definition) is 1. The zero-order valence-corrected chi connectivity index (χ0v) is 23.7. The number of aromatic nitrogens is 2. The van der Waals surface area contributed by atoms with Crippen LogP contribution in [0.5, 0.6) is 0 Å². The Morgan fingerprint density at radius 1 is 1.05 bits per heavy atom. The molecule has 1 aliphatic carbocycles. The number of ether oxygens (including phenoxy) is 1. The molecule has 1 atom stereocenters. The number of aliphatic imine (C=N–C) groups is 1. The first-order valence-corrected chi connectivity index (χ1v) is 14.5. The molecular formula is C35H35N5O. The Morgan fingerprint density at radius 3 is 2.73 bits per heavy atom. The molecule has 0 bridgehead atoms. The predicted molar refractivity (Wildman–Crippen MR) is 164 cm³/mol. The summed E-state index contributed by atoms with van der Waals surface area (Å²) in [5.74, 6) is 1.92. The largest absolute Gasteiger partial charge is 0.491 e. The molecule has 1 aromatic heterocycles. The summed E-state index contributed by atoms with van der Waals surface area (Å²) in [6, 6.07) is 18.6. The molecule has 41 heavy (non-hydrogen) atoms. The molecule has 1 N–H and O–H groups in total. The maximum absolute atomic E-state index is 9.27. The number of nitrogens with zero attached hydrogens (tertiary/aromatic N) is 4. The molecule has 3 aliphatic rings. The van der Waals surface area contributed by atoms with Gasteiger partial charge in [-0.3, -0.25) is 0 Å². The van der Waals surface area contributed by atoms with Gasteiger partial charge in [-0.15, -0.1) is 0 Å². The van der Waals surface area contributed by atoms with Crippen molar-refractivity contribution in [1.29, 1.82) is 5.26 Å². The molecule has 3 aromatic rings. The van der Waals surface area contributed by atoms with Gasteiger partial charge in [0.1, 0.15) is 11.9 Å². The summed E-state index contributed by atoms with van der Waals surface area (Å²) in [4.78, 5) is 14.1. The van der Waals surface area contributed by atoms with E-state index in [4.69, 9.17) is 9.72 Å². The number of hydrogen-bond acceptors (Lipinski definition) is 6. The Kier molecular flexibility index (Phi) is 7.89. The molecule has 2 aromatic carbocycles. The molecule has 206 valence electrons. The smallest absolute Gasteiger partial charge is 0.173 e. The van der Waals surface area contributed by atoms with Crippen molar-refractivity contribution in [2.24, 2.45) is 10.9 Å². The summed E-state index contributed by atoms with van der Waals surface area (Å²) in [6.07, 6.45) is 13.2. The molecule has 1 saturated heterocycles. The van der Waals surface area contributed by atoms with Crippen LogP contribution in [0.2, 0.25) is 0 Å². The van der Waals surface area contributed by atoms with Gasteiger partial charge in [0.25, 0.3) is 0 Å². The number of nitriles is 1. The summed E-state index contributed by atoms with van der Waals surface area (Å²) >= 11 is 0. The van der Waals surface area contributed by atoms with Crippen molar-refractivity contribution in [1.82, 2.24) is 15.3 Å². The van der Waals surface area contributed by atoms with Crippen LogP contribution in [0.25, 0.3) is 16.8 Å². The number of allylic oxidation sites excluding steroid dienone is 5. The van der Waals surface area contributed by atoms with Crippen LogP contribution in [0.3, 0.4) is 0 Å². The maximum atomic E-state index is 9.27. The van der Waals surface area contributed by atoms with Gasteiger partial charge in [0.15, 0.2) is 5.82 Å². The van der Waals surface area contributed by atoms with E-state index in [2.05, 4.69) is 71.6 Å². The predicted octanol–water partition coefficient (Wildman–Crippen LogP) is 6.91. The SMILES string of the molecule is CC1=CC(OC2CCNCC2)=CCC(C)=C1c1cccc(CC2C=Nc3ncc(-c4cccc(C#N)c4)nc3C2)c1. The molecule has 1 fully saturated rings. The summed E-state index contributed by atoms with van der Waals surface area (Å²) in [6.45, 7) is 6.48. The molecule has 6 rings (SSSR count). The van der Waals surface area contributed by atoms with Crippen LogP contribution in [0.15, 0.2) is 88.8 Å².